The van der Waals surface area contributed by atoms with E-state index < -0.39 is 22.4 Å². The fourth-order valence-electron chi connectivity index (χ4n) is 0.547. The number of nitrogens with one attached hydrogen (secondary N) is 2. The number of rotatable bonds is 1. The Bertz CT molecular complexity index is 327. The van der Waals surface area contributed by atoms with Gasteiger partial charge in [0.15, 0.2) is 5.82 Å². The van der Waals surface area contributed by atoms with Gasteiger partial charge in [-0.05, 0) is 5.34 Å². The Morgan fingerprint density at radius 1 is 1.27 bits per heavy atom. The van der Waals surface area contributed by atoms with Crippen LogP contribution in [0.1, 0.15) is 0 Å². The van der Waals surface area contributed by atoms with E-state index >= 15 is 0 Å². The van der Waals surface area contributed by atoms with Gasteiger partial charge in [-0.1, -0.05) is 8.96 Å². The van der Waals surface area contributed by atoms with Crippen molar-refractivity contribution in [1.82, 2.24) is 9.97 Å². The van der Waals surface area contributed by atoms with E-state index in [0.717, 1.165) is 0 Å². The van der Waals surface area contributed by atoms with Gasteiger partial charge in [0, 0.05) is 6.07 Å². The summed E-state index contributed by atoms with van der Waals surface area (Å²) in [5.41, 5.74) is -1.84. The summed E-state index contributed by atoms with van der Waals surface area (Å²) in [7, 11) is 0. The molecule has 60 valence electrons. The van der Waals surface area contributed by atoms with E-state index in [4.69, 9.17) is 0 Å². The monoisotopic (exact) mass is 163 g/mol. The predicted octanol–water partition coefficient (Wildman–Crippen LogP) is -0.361. The summed E-state index contributed by atoms with van der Waals surface area (Å²) in [6.07, 6.45) is 0. The van der Waals surface area contributed by atoms with Gasteiger partial charge in [0.05, 0.1) is 0 Å². The van der Waals surface area contributed by atoms with Crippen LogP contribution in [-0.2, 0) is 0 Å². The third-order valence-electron chi connectivity index (χ3n) is 0.928. The Balaban J connectivity index is 3.30. The molecule has 11 heavy (non-hydrogen) atoms. The molecule has 1 aromatic heterocycles. The van der Waals surface area contributed by atoms with Gasteiger partial charge in [0.25, 0.3) is 5.56 Å². The van der Waals surface area contributed by atoms with E-state index in [2.05, 4.69) is 0 Å². The first-order chi connectivity index (χ1) is 5.09. The minimum Gasteiger partial charge on any atom is -0.289 e. The second-order valence-corrected chi connectivity index (χ2v) is 1.71. The van der Waals surface area contributed by atoms with E-state index in [0.29, 0.717) is 6.07 Å². The molecule has 0 aliphatic carbocycles. The summed E-state index contributed by atoms with van der Waals surface area (Å²) in [6.45, 7) is 0. The molecule has 0 aliphatic heterocycles. The van der Waals surface area contributed by atoms with Crippen LogP contribution in [0.2, 0.25) is 0 Å². The van der Waals surface area contributed by atoms with E-state index in [9.17, 15) is 18.6 Å². The minimum atomic E-state index is -1.35. The molecule has 0 amide bonds. The third kappa shape index (κ3) is 1.63. The molecule has 0 spiro atoms. The second kappa shape index (κ2) is 2.52. The predicted molar refractivity (Wildman–Crippen MR) is 32.4 cm³/mol. The van der Waals surface area contributed by atoms with Gasteiger partial charge in [-0.2, -0.15) is 0 Å². The number of anilines is 1. The van der Waals surface area contributed by atoms with Crippen LogP contribution in [0.25, 0.3) is 0 Å². The lowest BCUT2D eigenvalue weighted by molar-refractivity contribution is 0.230. The van der Waals surface area contributed by atoms with Crippen LogP contribution in [0, 0.1) is 0 Å². The maximum Gasteiger partial charge on any atom is 0.327 e. The van der Waals surface area contributed by atoms with Crippen LogP contribution >= 0.6 is 0 Å². The van der Waals surface area contributed by atoms with E-state index in [1.54, 1.807) is 9.97 Å². The van der Waals surface area contributed by atoms with Crippen molar-refractivity contribution in [1.29, 1.82) is 0 Å². The molecule has 0 unspecified atom stereocenters. The smallest absolute Gasteiger partial charge is 0.289 e. The molecule has 0 saturated carbocycles. The SMILES string of the molecule is O=c1cc(N(F)F)[nH]c(=O)[nH]1. The normalized spacial score (nSPS) is 9.64. The maximum atomic E-state index is 11.6. The minimum absolute atomic E-state index is 0.571. The highest BCUT2D eigenvalue weighted by molar-refractivity contribution is 5.28. The molecule has 1 aromatic rings. The van der Waals surface area contributed by atoms with E-state index in [1.807, 2.05) is 0 Å². The number of hydrogen-bond acceptors (Lipinski definition) is 3. The average Bonchev–Trinajstić information content (AvgIpc) is 1.85. The fraction of sp³-hybridized carbons (Fsp3) is 0. The van der Waals surface area contributed by atoms with Crippen LogP contribution in [0.3, 0.4) is 0 Å². The highest BCUT2D eigenvalue weighted by Crippen LogP contribution is 2.04. The van der Waals surface area contributed by atoms with Gasteiger partial charge in [-0.3, -0.25) is 14.8 Å². The van der Waals surface area contributed by atoms with E-state index in [1.165, 1.54) is 0 Å². The van der Waals surface area contributed by atoms with Crippen LogP contribution in [0.15, 0.2) is 15.7 Å². The number of halogens is 2. The molecule has 7 heteroatoms. The van der Waals surface area contributed by atoms with Crippen LogP contribution < -0.4 is 16.6 Å². The Hall–Kier alpha value is -1.66. The van der Waals surface area contributed by atoms with Crippen LogP contribution in [-0.4, -0.2) is 9.97 Å². The zero-order valence-electron chi connectivity index (χ0n) is 5.10. The number of aromatic nitrogens is 2. The Morgan fingerprint density at radius 3 is 2.36 bits per heavy atom. The molecule has 0 aliphatic rings. The Kier molecular flexibility index (Phi) is 1.71. The van der Waals surface area contributed by atoms with Gasteiger partial charge in [0.2, 0.25) is 0 Å². The molecule has 1 heterocycles. The standard InChI is InChI=1S/C4H3F2N3O2/c5-9(6)2-1-3(10)8-4(11)7-2/h1H,(H2,7,8,10,11). The summed E-state index contributed by atoms with van der Waals surface area (Å²) in [5.74, 6) is -0.834. The second-order valence-electron chi connectivity index (χ2n) is 1.71. The lowest BCUT2D eigenvalue weighted by Crippen LogP contribution is -2.23. The molecule has 2 N–H and O–H groups in total. The molecular weight excluding hydrogens is 160 g/mol. The molecule has 0 atom stereocenters. The maximum absolute atomic E-state index is 11.6. The van der Waals surface area contributed by atoms with Gasteiger partial charge in [0.1, 0.15) is 0 Å². The van der Waals surface area contributed by atoms with Crippen molar-refractivity contribution in [2.24, 2.45) is 0 Å². The van der Waals surface area contributed by atoms with Gasteiger partial charge >= 0.3 is 5.69 Å². The molecule has 5 nitrogen and oxygen atoms in total. The van der Waals surface area contributed by atoms with Crippen molar-refractivity contribution >= 4 is 5.82 Å². The number of aromatic amines is 2. The lowest BCUT2D eigenvalue weighted by atomic mass is 10.6. The first kappa shape index (κ1) is 7.45. The van der Waals surface area contributed by atoms with Crippen molar-refractivity contribution in [2.45, 2.75) is 0 Å². The van der Waals surface area contributed by atoms with Crippen molar-refractivity contribution in [3.8, 4) is 0 Å². The highest BCUT2D eigenvalue weighted by Gasteiger charge is 2.03. The molecule has 0 fully saturated rings. The summed E-state index contributed by atoms with van der Waals surface area (Å²) >= 11 is 0. The quantitative estimate of drug-likeness (QED) is 0.555. The third-order valence-corrected chi connectivity index (χ3v) is 0.928. The lowest BCUT2D eigenvalue weighted by Gasteiger charge is -1.97. The van der Waals surface area contributed by atoms with Crippen molar-refractivity contribution < 1.29 is 8.96 Å². The van der Waals surface area contributed by atoms with Crippen molar-refractivity contribution in [2.75, 3.05) is 5.34 Å². The summed E-state index contributed by atoms with van der Waals surface area (Å²) in [5, 5.41) is -1.35. The molecule has 0 bridgehead atoms. The molecular formula is C4H3F2N3O2. The van der Waals surface area contributed by atoms with Gasteiger partial charge in [-0.25, -0.2) is 4.79 Å². The Morgan fingerprint density at radius 2 is 1.91 bits per heavy atom. The van der Waals surface area contributed by atoms with Crippen LogP contribution in [0.5, 0.6) is 0 Å². The number of hydrogen-bond donors (Lipinski definition) is 2. The Labute approximate surface area is 58.2 Å². The number of H-pyrrole nitrogens is 2. The summed E-state index contributed by atoms with van der Waals surface area (Å²) < 4.78 is 23.3. The zero-order valence-corrected chi connectivity index (χ0v) is 5.10. The van der Waals surface area contributed by atoms with Gasteiger partial charge < -0.3 is 0 Å². The summed E-state index contributed by atoms with van der Waals surface area (Å²) in [4.78, 5) is 24.2. The van der Waals surface area contributed by atoms with Crippen molar-refractivity contribution in [3.05, 3.63) is 26.9 Å². The average molecular weight is 163 g/mol. The molecule has 0 saturated heterocycles. The largest absolute Gasteiger partial charge is 0.327 e. The van der Waals surface area contributed by atoms with Gasteiger partial charge in [-0.15, -0.1) is 0 Å². The number of nitrogens with zero attached hydrogens (tertiary/aromatic N) is 1. The molecule has 1 rings (SSSR count). The topological polar surface area (TPSA) is 69.0 Å². The first-order valence-electron chi connectivity index (χ1n) is 2.55. The highest BCUT2D eigenvalue weighted by atomic mass is 19.4. The van der Waals surface area contributed by atoms with Crippen LogP contribution in [0.4, 0.5) is 14.8 Å². The fourth-order valence-corrected chi connectivity index (χ4v) is 0.547. The van der Waals surface area contributed by atoms with E-state index in [-0.39, 0.29) is 0 Å². The van der Waals surface area contributed by atoms with Crippen molar-refractivity contribution in [3.63, 3.8) is 0 Å². The molecule has 0 aromatic carbocycles. The zero-order chi connectivity index (χ0) is 8.43. The first-order valence-corrected chi connectivity index (χ1v) is 2.55. The molecule has 0 radical (unpaired) electrons. The summed E-state index contributed by atoms with van der Waals surface area (Å²) in [6, 6.07) is 0.571.